The fourth-order valence-corrected chi connectivity index (χ4v) is 5.90. The SMILES string of the molecule is COC(=O)C1=CO[C@@H](C)[C@@H]2CN3C=C(C(=O)C(F)(F)F)c4c(n(C(=O)OC(C)(C)C)c5ccccc45)[C@@H]3C[C@H]12. The number of ether oxygens (including phenoxy) is 3. The van der Waals surface area contributed by atoms with Crippen LogP contribution in [0.1, 0.15) is 51.4 Å². The average Bonchev–Trinajstić information content (AvgIpc) is 3.21. The van der Waals surface area contributed by atoms with Gasteiger partial charge >= 0.3 is 18.2 Å². The molecular weight excluding hydrogens is 517 g/mol. The highest BCUT2D eigenvalue weighted by Crippen LogP contribution is 2.51. The van der Waals surface area contributed by atoms with Crippen LogP contribution in [-0.4, -0.2) is 58.8 Å². The van der Waals surface area contributed by atoms with Gasteiger partial charge in [0, 0.05) is 35.5 Å². The van der Waals surface area contributed by atoms with Crippen LogP contribution in [0, 0.1) is 11.8 Å². The minimum absolute atomic E-state index is 0.0437. The summed E-state index contributed by atoms with van der Waals surface area (Å²) in [6.07, 6.45) is -3.35. The molecule has 1 saturated heterocycles. The monoisotopic (exact) mass is 546 g/mol. The minimum atomic E-state index is -5.13. The van der Waals surface area contributed by atoms with E-state index < -0.39 is 41.2 Å². The number of nitrogens with zero attached hydrogens (tertiary/aromatic N) is 2. The summed E-state index contributed by atoms with van der Waals surface area (Å²) in [6.45, 7) is 7.08. The van der Waals surface area contributed by atoms with Gasteiger partial charge in [-0.05, 0) is 40.2 Å². The molecule has 5 rings (SSSR count). The largest absolute Gasteiger partial charge is 0.497 e. The maximum absolute atomic E-state index is 13.9. The highest BCUT2D eigenvalue weighted by molar-refractivity contribution is 6.27. The van der Waals surface area contributed by atoms with Crippen molar-refractivity contribution in [2.75, 3.05) is 13.7 Å². The lowest BCUT2D eigenvalue weighted by molar-refractivity contribution is -0.164. The lowest BCUT2D eigenvalue weighted by atomic mass is 9.72. The lowest BCUT2D eigenvalue weighted by Gasteiger charge is -2.49. The van der Waals surface area contributed by atoms with Gasteiger partial charge in [0.1, 0.15) is 11.7 Å². The Hall–Kier alpha value is -3.76. The minimum Gasteiger partial charge on any atom is -0.497 e. The molecule has 8 nitrogen and oxygen atoms in total. The number of halogens is 3. The summed E-state index contributed by atoms with van der Waals surface area (Å²) in [5.41, 5.74) is -0.518. The van der Waals surface area contributed by atoms with E-state index >= 15 is 0 Å². The van der Waals surface area contributed by atoms with E-state index in [1.54, 1.807) is 49.9 Å². The summed E-state index contributed by atoms with van der Waals surface area (Å²) >= 11 is 0. The number of hydrogen-bond donors (Lipinski definition) is 0. The molecule has 1 aromatic carbocycles. The van der Waals surface area contributed by atoms with Crippen LogP contribution in [0.3, 0.4) is 0 Å². The molecule has 208 valence electrons. The first-order valence-electron chi connectivity index (χ1n) is 12.6. The molecule has 0 spiro atoms. The molecule has 3 aliphatic heterocycles. The van der Waals surface area contributed by atoms with Crippen LogP contribution in [-0.2, 0) is 23.8 Å². The maximum Gasteiger partial charge on any atom is 0.454 e. The normalized spacial score (nSPS) is 24.5. The van der Waals surface area contributed by atoms with Crippen LogP contribution in [0.2, 0.25) is 0 Å². The number of Topliss-reactive ketones (excluding diaryl/α,β-unsaturated/α-hetero) is 1. The van der Waals surface area contributed by atoms with E-state index in [2.05, 4.69) is 0 Å². The number of piperidine rings is 1. The number of esters is 1. The van der Waals surface area contributed by atoms with Crippen LogP contribution in [0.25, 0.3) is 16.5 Å². The molecule has 2 aromatic rings. The van der Waals surface area contributed by atoms with Gasteiger partial charge in [0.05, 0.1) is 41.8 Å². The van der Waals surface area contributed by atoms with E-state index in [4.69, 9.17) is 14.2 Å². The Labute approximate surface area is 223 Å². The molecule has 0 bridgehead atoms. The fourth-order valence-electron chi connectivity index (χ4n) is 5.90. The number of carbonyl (C=O) groups excluding carboxylic acids is 3. The molecule has 4 atom stereocenters. The number of hydrogen-bond acceptors (Lipinski definition) is 7. The highest BCUT2D eigenvalue weighted by atomic mass is 19.4. The Morgan fingerprint density at radius 2 is 1.79 bits per heavy atom. The zero-order valence-electron chi connectivity index (χ0n) is 22.2. The summed E-state index contributed by atoms with van der Waals surface area (Å²) in [6, 6.07) is 5.86. The van der Waals surface area contributed by atoms with E-state index in [1.807, 2.05) is 6.92 Å². The van der Waals surface area contributed by atoms with Crippen molar-refractivity contribution < 1.29 is 41.8 Å². The molecule has 0 saturated carbocycles. The number of para-hydroxylation sites is 1. The molecule has 0 unspecified atom stereocenters. The second-order valence-electron chi connectivity index (χ2n) is 11.1. The number of alkyl halides is 3. The summed E-state index contributed by atoms with van der Waals surface area (Å²) in [5.74, 6) is -3.19. The number of rotatable bonds is 2. The summed E-state index contributed by atoms with van der Waals surface area (Å²) < 4.78 is 59.2. The van der Waals surface area contributed by atoms with Gasteiger partial charge < -0.3 is 19.1 Å². The molecule has 1 aromatic heterocycles. The number of carbonyl (C=O) groups is 3. The van der Waals surface area contributed by atoms with Crippen molar-refractivity contribution in [2.45, 2.75) is 58.0 Å². The van der Waals surface area contributed by atoms with Gasteiger partial charge in [0.15, 0.2) is 0 Å². The molecule has 39 heavy (non-hydrogen) atoms. The van der Waals surface area contributed by atoms with Crippen LogP contribution in [0.15, 0.2) is 42.3 Å². The van der Waals surface area contributed by atoms with Crippen molar-refractivity contribution in [3.63, 3.8) is 0 Å². The van der Waals surface area contributed by atoms with Gasteiger partial charge in [-0.15, -0.1) is 0 Å². The predicted octanol–water partition coefficient (Wildman–Crippen LogP) is 5.37. The first-order chi connectivity index (χ1) is 18.2. The van der Waals surface area contributed by atoms with Gasteiger partial charge in [-0.2, -0.15) is 13.2 Å². The average molecular weight is 547 g/mol. The van der Waals surface area contributed by atoms with E-state index in [-0.39, 0.29) is 42.2 Å². The van der Waals surface area contributed by atoms with Gasteiger partial charge in [0.2, 0.25) is 0 Å². The summed E-state index contributed by atoms with van der Waals surface area (Å²) in [7, 11) is 1.27. The van der Waals surface area contributed by atoms with Crippen molar-refractivity contribution in [2.24, 2.45) is 11.8 Å². The number of fused-ring (bicyclic) bond motifs is 6. The van der Waals surface area contributed by atoms with Crippen LogP contribution in [0.4, 0.5) is 18.0 Å². The van der Waals surface area contributed by atoms with Crippen LogP contribution >= 0.6 is 0 Å². The third kappa shape index (κ3) is 4.47. The van der Waals surface area contributed by atoms with Crippen molar-refractivity contribution in [3.05, 3.63) is 53.6 Å². The van der Waals surface area contributed by atoms with Crippen molar-refractivity contribution >= 4 is 34.3 Å². The third-order valence-corrected chi connectivity index (χ3v) is 7.52. The molecule has 4 heterocycles. The molecule has 1 fully saturated rings. The Morgan fingerprint density at radius 3 is 2.44 bits per heavy atom. The van der Waals surface area contributed by atoms with Crippen molar-refractivity contribution in [1.82, 2.24) is 9.47 Å². The number of allylic oxidation sites excluding steroid dienone is 1. The highest BCUT2D eigenvalue weighted by Gasteiger charge is 2.51. The van der Waals surface area contributed by atoms with E-state index in [0.29, 0.717) is 16.5 Å². The van der Waals surface area contributed by atoms with E-state index in [9.17, 15) is 27.6 Å². The Balaban J connectivity index is 1.76. The molecule has 0 amide bonds. The van der Waals surface area contributed by atoms with E-state index in [1.165, 1.54) is 24.1 Å². The van der Waals surface area contributed by atoms with Gasteiger partial charge in [0.25, 0.3) is 5.78 Å². The number of benzene rings is 1. The zero-order chi connectivity index (χ0) is 28.4. The standard InChI is InChI=1S/C28H29F3N2O6/c1-14-17-11-32-12-18(24(34)28(29,30)31)22-15-8-6-7-9-20(15)33(26(36)39-27(2,3)4)23(22)21(32)10-16(17)19(13-38-14)25(35)37-5/h6-9,12-14,16-17,21H,10-11H2,1-5H3/t14-,16-,17-,21-/m0/s1. The molecular formula is C28H29F3N2O6. The Bertz CT molecular complexity index is 1430. The lowest BCUT2D eigenvalue weighted by Crippen LogP contribution is -2.49. The van der Waals surface area contributed by atoms with E-state index in [0.717, 1.165) is 0 Å². The quantitative estimate of drug-likeness (QED) is 0.469. The summed E-state index contributed by atoms with van der Waals surface area (Å²) in [4.78, 5) is 40.7. The Kier molecular flexibility index (Phi) is 6.31. The zero-order valence-corrected chi connectivity index (χ0v) is 22.2. The topological polar surface area (TPSA) is 87.1 Å². The smallest absolute Gasteiger partial charge is 0.454 e. The first-order valence-corrected chi connectivity index (χ1v) is 12.6. The molecule has 3 aliphatic rings. The molecule has 11 heteroatoms. The second-order valence-corrected chi connectivity index (χ2v) is 11.1. The number of ketones is 1. The van der Waals surface area contributed by atoms with Crippen LogP contribution in [0.5, 0.6) is 0 Å². The van der Waals surface area contributed by atoms with Gasteiger partial charge in [-0.25, -0.2) is 14.2 Å². The van der Waals surface area contributed by atoms with Crippen LogP contribution < -0.4 is 0 Å². The Morgan fingerprint density at radius 1 is 1.10 bits per heavy atom. The first kappa shape index (κ1) is 26.8. The van der Waals surface area contributed by atoms with Gasteiger partial charge in [-0.3, -0.25) is 4.79 Å². The number of aromatic nitrogens is 1. The fraction of sp³-hybridized carbons (Fsp3) is 0.464. The predicted molar refractivity (Wildman–Crippen MR) is 134 cm³/mol. The second kappa shape index (κ2) is 9.17. The molecule has 0 radical (unpaired) electrons. The van der Waals surface area contributed by atoms with Crippen molar-refractivity contribution in [1.29, 1.82) is 0 Å². The molecule has 0 aliphatic carbocycles. The maximum atomic E-state index is 13.9. The van der Waals surface area contributed by atoms with Gasteiger partial charge in [-0.1, -0.05) is 18.2 Å². The summed E-state index contributed by atoms with van der Waals surface area (Å²) in [5, 5.41) is 0.327. The third-order valence-electron chi connectivity index (χ3n) is 7.52. The molecule has 0 N–H and O–H groups in total. The number of methoxy groups -OCH3 is 1. The van der Waals surface area contributed by atoms with Crippen molar-refractivity contribution in [3.8, 4) is 0 Å².